The Morgan fingerprint density at radius 1 is 1.50 bits per heavy atom. The number of hydrogen-bond donors (Lipinski definition) is 2. The van der Waals surface area contributed by atoms with E-state index in [4.69, 9.17) is 0 Å². The van der Waals surface area contributed by atoms with E-state index in [9.17, 15) is 14.9 Å². The molecule has 0 aliphatic heterocycles. The van der Waals surface area contributed by atoms with Crippen LogP contribution < -0.4 is 10.6 Å². The normalized spacial score (nSPS) is 11.8. The van der Waals surface area contributed by atoms with Crippen LogP contribution in [0.2, 0.25) is 0 Å². The number of carbonyl (C=O) groups is 1. The molecule has 1 aromatic rings. The maximum atomic E-state index is 11.9. The molecule has 20 heavy (non-hydrogen) atoms. The Kier molecular flexibility index (Phi) is 6.30. The minimum atomic E-state index is -0.502. The van der Waals surface area contributed by atoms with Crippen LogP contribution >= 0.6 is 11.8 Å². The second-order valence-electron chi connectivity index (χ2n) is 4.33. The van der Waals surface area contributed by atoms with E-state index >= 15 is 0 Å². The lowest BCUT2D eigenvalue weighted by molar-refractivity contribution is -0.384. The van der Waals surface area contributed by atoms with Crippen molar-refractivity contribution < 1.29 is 9.72 Å². The Morgan fingerprint density at radius 3 is 2.75 bits per heavy atom. The van der Waals surface area contributed by atoms with Crippen molar-refractivity contribution in [2.75, 3.05) is 25.2 Å². The highest BCUT2D eigenvalue weighted by Crippen LogP contribution is 2.24. The van der Waals surface area contributed by atoms with Crippen LogP contribution in [0.4, 0.5) is 11.4 Å². The first kappa shape index (κ1) is 16.3. The molecular formula is C13H19N3O3S. The summed E-state index contributed by atoms with van der Waals surface area (Å²) in [5.74, 6) is -0.288. The molecule has 0 aromatic heterocycles. The van der Waals surface area contributed by atoms with Crippen LogP contribution in [0.5, 0.6) is 0 Å². The highest BCUT2D eigenvalue weighted by atomic mass is 32.2. The molecule has 110 valence electrons. The summed E-state index contributed by atoms with van der Waals surface area (Å²) in [6, 6.07) is 4.41. The fourth-order valence-corrected chi connectivity index (χ4v) is 2.00. The van der Waals surface area contributed by atoms with Gasteiger partial charge < -0.3 is 10.6 Å². The standard InChI is InChI=1S/C13H19N3O3S/c1-9(20-3)6-7-15-13(17)10-4-5-11(14-2)12(8-10)16(18)19/h4-5,8-9,14H,6-7H2,1-3H3,(H,15,17). The Morgan fingerprint density at radius 2 is 2.20 bits per heavy atom. The number of nitrogens with one attached hydrogen (secondary N) is 2. The zero-order chi connectivity index (χ0) is 15.1. The van der Waals surface area contributed by atoms with E-state index in [0.717, 1.165) is 6.42 Å². The number of nitrogens with zero attached hydrogens (tertiary/aromatic N) is 1. The number of amides is 1. The first-order chi connectivity index (χ1) is 9.49. The maximum Gasteiger partial charge on any atom is 0.293 e. The Bertz CT molecular complexity index is 494. The van der Waals surface area contributed by atoms with Gasteiger partial charge in [0.05, 0.1) is 4.92 Å². The SMILES string of the molecule is CNc1ccc(C(=O)NCCC(C)SC)cc1[N+](=O)[O-]. The molecule has 1 rings (SSSR count). The van der Waals surface area contributed by atoms with Crippen LogP contribution in [-0.4, -0.2) is 35.9 Å². The summed E-state index contributed by atoms with van der Waals surface area (Å²) in [6.07, 6.45) is 2.88. The molecule has 7 heteroatoms. The average Bonchev–Trinajstić information content (AvgIpc) is 2.45. The molecule has 0 bridgehead atoms. The molecule has 0 saturated carbocycles. The Hall–Kier alpha value is -1.76. The van der Waals surface area contributed by atoms with Gasteiger partial charge in [-0.05, 0) is 24.8 Å². The monoisotopic (exact) mass is 297 g/mol. The van der Waals surface area contributed by atoms with Gasteiger partial charge >= 0.3 is 0 Å². The first-order valence-electron chi connectivity index (χ1n) is 6.26. The van der Waals surface area contributed by atoms with Gasteiger partial charge in [0.25, 0.3) is 11.6 Å². The van der Waals surface area contributed by atoms with E-state index in [2.05, 4.69) is 17.6 Å². The highest BCUT2D eigenvalue weighted by Gasteiger charge is 2.16. The number of carbonyl (C=O) groups excluding carboxylic acids is 1. The molecule has 0 radical (unpaired) electrons. The maximum absolute atomic E-state index is 11.9. The third-order valence-corrected chi connectivity index (χ3v) is 4.01. The Balaban J connectivity index is 2.74. The number of nitro benzene ring substituents is 1. The van der Waals surface area contributed by atoms with Gasteiger partial charge in [0, 0.05) is 30.5 Å². The third-order valence-electron chi connectivity index (χ3n) is 2.96. The lowest BCUT2D eigenvalue weighted by Gasteiger charge is -2.09. The quantitative estimate of drug-likeness (QED) is 0.596. The molecule has 0 aliphatic rings. The summed E-state index contributed by atoms with van der Waals surface area (Å²) < 4.78 is 0. The lowest BCUT2D eigenvalue weighted by Crippen LogP contribution is -2.26. The molecule has 0 saturated heterocycles. The fourth-order valence-electron chi connectivity index (χ4n) is 1.64. The van der Waals surface area contributed by atoms with E-state index in [1.165, 1.54) is 12.1 Å². The molecule has 1 amide bonds. The summed E-state index contributed by atoms with van der Waals surface area (Å²) in [5, 5.41) is 16.9. The van der Waals surface area contributed by atoms with Crippen LogP contribution in [0.1, 0.15) is 23.7 Å². The summed E-state index contributed by atoms with van der Waals surface area (Å²) in [6.45, 7) is 2.64. The van der Waals surface area contributed by atoms with Crippen LogP contribution in [0.25, 0.3) is 0 Å². The van der Waals surface area contributed by atoms with E-state index in [1.54, 1.807) is 24.9 Å². The molecule has 2 N–H and O–H groups in total. The second-order valence-corrected chi connectivity index (χ2v) is 5.61. The number of benzene rings is 1. The average molecular weight is 297 g/mol. The number of thioether (sulfide) groups is 1. The molecule has 0 spiro atoms. The Labute approximate surface area is 122 Å². The van der Waals surface area contributed by atoms with Gasteiger partial charge in [0.2, 0.25) is 0 Å². The predicted octanol–water partition coefficient (Wildman–Crippen LogP) is 2.51. The van der Waals surface area contributed by atoms with Gasteiger partial charge in [-0.2, -0.15) is 11.8 Å². The van der Waals surface area contributed by atoms with Gasteiger partial charge in [-0.1, -0.05) is 6.92 Å². The van der Waals surface area contributed by atoms with Crippen molar-refractivity contribution in [2.24, 2.45) is 0 Å². The number of nitro groups is 1. The zero-order valence-corrected chi connectivity index (χ0v) is 12.6. The van der Waals surface area contributed by atoms with E-state index in [1.807, 2.05) is 6.26 Å². The van der Waals surface area contributed by atoms with Crippen LogP contribution in [-0.2, 0) is 0 Å². The van der Waals surface area contributed by atoms with Crippen molar-refractivity contribution in [1.82, 2.24) is 5.32 Å². The number of hydrogen-bond acceptors (Lipinski definition) is 5. The summed E-state index contributed by atoms with van der Waals surface area (Å²) in [4.78, 5) is 22.4. The summed E-state index contributed by atoms with van der Waals surface area (Å²) >= 11 is 1.73. The van der Waals surface area contributed by atoms with Gasteiger partial charge in [-0.25, -0.2) is 0 Å². The number of rotatable bonds is 7. The van der Waals surface area contributed by atoms with Crippen molar-refractivity contribution in [3.05, 3.63) is 33.9 Å². The summed E-state index contributed by atoms with van der Waals surface area (Å²) in [5.41, 5.74) is 0.590. The van der Waals surface area contributed by atoms with Crippen LogP contribution in [0, 0.1) is 10.1 Å². The van der Waals surface area contributed by atoms with Crippen molar-refractivity contribution in [3.8, 4) is 0 Å². The van der Waals surface area contributed by atoms with E-state index in [-0.39, 0.29) is 11.6 Å². The molecular weight excluding hydrogens is 278 g/mol. The number of anilines is 1. The molecule has 0 aliphatic carbocycles. The van der Waals surface area contributed by atoms with E-state index in [0.29, 0.717) is 23.0 Å². The van der Waals surface area contributed by atoms with Crippen molar-refractivity contribution >= 4 is 29.0 Å². The smallest absolute Gasteiger partial charge is 0.293 e. The molecule has 6 nitrogen and oxygen atoms in total. The topological polar surface area (TPSA) is 84.3 Å². The first-order valence-corrected chi connectivity index (χ1v) is 7.55. The molecule has 1 aromatic carbocycles. The predicted molar refractivity (Wildman–Crippen MR) is 82.6 cm³/mol. The van der Waals surface area contributed by atoms with E-state index < -0.39 is 4.92 Å². The van der Waals surface area contributed by atoms with Crippen molar-refractivity contribution in [2.45, 2.75) is 18.6 Å². The largest absolute Gasteiger partial charge is 0.383 e. The highest BCUT2D eigenvalue weighted by molar-refractivity contribution is 7.99. The minimum absolute atomic E-state index is 0.0994. The van der Waals surface area contributed by atoms with Gasteiger partial charge in [0.15, 0.2) is 0 Å². The molecule has 1 atom stereocenters. The second kappa shape index (κ2) is 7.74. The van der Waals surface area contributed by atoms with Gasteiger partial charge in [-0.3, -0.25) is 14.9 Å². The van der Waals surface area contributed by atoms with Crippen molar-refractivity contribution in [3.63, 3.8) is 0 Å². The minimum Gasteiger partial charge on any atom is -0.383 e. The van der Waals surface area contributed by atoms with Crippen LogP contribution in [0.15, 0.2) is 18.2 Å². The van der Waals surface area contributed by atoms with Crippen molar-refractivity contribution in [1.29, 1.82) is 0 Å². The third kappa shape index (κ3) is 4.41. The molecule has 1 unspecified atom stereocenters. The zero-order valence-electron chi connectivity index (χ0n) is 11.8. The lowest BCUT2D eigenvalue weighted by atomic mass is 10.1. The molecule has 0 fully saturated rings. The van der Waals surface area contributed by atoms with Gasteiger partial charge in [-0.15, -0.1) is 0 Å². The van der Waals surface area contributed by atoms with Crippen LogP contribution in [0.3, 0.4) is 0 Å². The summed E-state index contributed by atoms with van der Waals surface area (Å²) in [7, 11) is 1.60. The molecule has 0 heterocycles. The van der Waals surface area contributed by atoms with Gasteiger partial charge in [0.1, 0.15) is 5.69 Å². The fraction of sp³-hybridized carbons (Fsp3) is 0.462.